The molecule has 7 N–H and O–H groups in total. The Morgan fingerprint density at radius 3 is 2.00 bits per heavy atom. The lowest BCUT2D eigenvalue weighted by molar-refractivity contribution is -0.380. The molecular weight excluding hydrogens is 340 g/mol. The number of aliphatic hydroxyl groups is 7. The Morgan fingerprint density at radius 2 is 1.52 bits per heavy atom. The Balaban J connectivity index is 2.21. The van der Waals surface area contributed by atoms with Crippen molar-refractivity contribution in [3.8, 4) is 0 Å². The smallest absolute Gasteiger partial charge is 0.253 e. The Labute approximate surface area is 136 Å². The van der Waals surface area contributed by atoms with E-state index in [1.807, 2.05) is 0 Å². The van der Waals surface area contributed by atoms with Crippen molar-refractivity contribution in [3.63, 3.8) is 0 Å². The summed E-state index contributed by atoms with van der Waals surface area (Å²) >= 11 is 6.09. The highest BCUT2D eigenvalue weighted by Gasteiger charge is 2.60. The third kappa shape index (κ3) is 3.48. The van der Waals surface area contributed by atoms with E-state index in [0.717, 1.165) is 0 Å². The summed E-state index contributed by atoms with van der Waals surface area (Å²) in [4.78, 5) is 0. The summed E-state index contributed by atoms with van der Waals surface area (Å²) in [5.41, 5.74) is 0. The van der Waals surface area contributed by atoms with E-state index >= 15 is 0 Å². The minimum Gasteiger partial charge on any atom is -0.394 e. The molecule has 2 aliphatic rings. The highest BCUT2D eigenvalue weighted by molar-refractivity contribution is 6.22. The third-order valence-electron chi connectivity index (χ3n) is 3.97. The molecule has 2 aliphatic heterocycles. The van der Waals surface area contributed by atoms with E-state index in [9.17, 15) is 25.5 Å². The highest BCUT2D eigenvalue weighted by Crippen LogP contribution is 2.42. The number of aliphatic hydroxyl groups excluding tert-OH is 7. The van der Waals surface area contributed by atoms with Crippen LogP contribution in [0.5, 0.6) is 0 Å². The van der Waals surface area contributed by atoms with Crippen molar-refractivity contribution in [1.82, 2.24) is 0 Å². The van der Waals surface area contributed by atoms with E-state index in [1.165, 1.54) is 0 Å². The maximum Gasteiger partial charge on any atom is 0.253 e. The first-order chi connectivity index (χ1) is 10.7. The van der Waals surface area contributed by atoms with Crippen LogP contribution in [0.1, 0.15) is 6.42 Å². The van der Waals surface area contributed by atoms with E-state index in [0.29, 0.717) is 0 Å². The van der Waals surface area contributed by atoms with Crippen molar-refractivity contribution in [2.45, 2.75) is 54.1 Å². The zero-order valence-electron chi connectivity index (χ0n) is 12.0. The fourth-order valence-corrected chi connectivity index (χ4v) is 3.09. The summed E-state index contributed by atoms with van der Waals surface area (Å²) < 4.78 is 15.7. The minimum absolute atomic E-state index is 0.468. The van der Waals surface area contributed by atoms with Gasteiger partial charge in [-0.3, -0.25) is 4.74 Å². The quantitative estimate of drug-likeness (QED) is 0.241. The summed E-state index contributed by atoms with van der Waals surface area (Å²) in [5, 5.41) is 64.9. The van der Waals surface area contributed by atoms with Crippen LogP contribution in [0.4, 0.5) is 0 Å². The molecule has 2 fully saturated rings. The molecule has 0 aromatic carbocycles. The standard InChI is InChI=1S/C12H21ClO10/c13-12(1-5(17)8(18)6(2-14)22-12)23-11(4-16)10(20)9(19)7(3-15)21-11/h5-10,14-20H,1-4H2/t5-,6-,7-,8+,9-,10+,11?,12-/m1/s1. The van der Waals surface area contributed by atoms with Crippen LogP contribution in [0.2, 0.25) is 0 Å². The van der Waals surface area contributed by atoms with Gasteiger partial charge in [0, 0.05) is 6.42 Å². The number of alkyl halides is 1. The molecule has 0 radical (unpaired) electrons. The number of halogens is 1. The lowest BCUT2D eigenvalue weighted by atomic mass is 10.0. The monoisotopic (exact) mass is 360 g/mol. The zero-order valence-corrected chi connectivity index (χ0v) is 12.8. The molecule has 1 unspecified atom stereocenters. The minimum atomic E-state index is -2.21. The van der Waals surface area contributed by atoms with Gasteiger partial charge in [-0.2, -0.15) is 0 Å². The summed E-state index contributed by atoms with van der Waals surface area (Å²) in [6.07, 6.45) is -9.11. The van der Waals surface area contributed by atoms with Crippen LogP contribution in [-0.4, -0.2) is 103 Å². The molecule has 8 atom stereocenters. The van der Waals surface area contributed by atoms with Crippen LogP contribution in [0.3, 0.4) is 0 Å². The van der Waals surface area contributed by atoms with E-state index in [2.05, 4.69) is 0 Å². The first-order valence-corrected chi connectivity index (χ1v) is 7.39. The van der Waals surface area contributed by atoms with Crippen molar-refractivity contribution in [3.05, 3.63) is 0 Å². The number of ether oxygens (including phenoxy) is 3. The van der Waals surface area contributed by atoms with Crippen LogP contribution < -0.4 is 0 Å². The molecule has 2 rings (SSSR count). The molecule has 0 aliphatic carbocycles. The molecule has 10 nitrogen and oxygen atoms in total. The molecule has 0 spiro atoms. The highest BCUT2D eigenvalue weighted by atomic mass is 35.5. The van der Waals surface area contributed by atoms with Gasteiger partial charge >= 0.3 is 0 Å². The van der Waals surface area contributed by atoms with Gasteiger partial charge in [0.25, 0.3) is 5.25 Å². The van der Waals surface area contributed by atoms with Gasteiger partial charge < -0.3 is 45.2 Å². The Kier molecular flexibility index (Phi) is 5.87. The Morgan fingerprint density at radius 1 is 0.957 bits per heavy atom. The summed E-state index contributed by atoms with van der Waals surface area (Å²) in [7, 11) is 0. The van der Waals surface area contributed by atoms with Crippen molar-refractivity contribution >= 4 is 11.6 Å². The molecule has 0 aromatic heterocycles. The van der Waals surface area contributed by atoms with Crippen LogP contribution in [0, 0.1) is 0 Å². The number of hydrogen-bond donors (Lipinski definition) is 7. The van der Waals surface area contributed by atoms with Gasteiger partial charge in [0.15, 0.2) is 0 Å². The molecule has 23 heavy (non-hydrogen) atoms. The molecule has 2 saturated heterocycles. The fraction of sp³-hybridized carbons (Fsp3) is 1.00. The molecule has 0 bridgehead atoms. The lowest BCUT2D eigenvalue weighted by Crippen LogP contribution is -2.60. The Bertz CT molecular complexity index is 413. The molecule has 0 saturated carbocycles. The van der Waals surface area contributed by atoms with Gasteiger partial charge in [0.1, 0.15) is 37.1 Å². The Hall–Kier alpha value is -0.110. The SMILES string of the molecule is OC[C@H]1OC(CO)(O[C@@]2(Cl)C[C@@H](O)[C@H](O)[C@@H](CO)O2)[C@@H](O)[C@@H]1O. The molecular formula is C12H21ClO10. The van der Waals surface area contributed by atoms with Gasteiger partial charge in [0.05, 0.1) is 19.3 Å². The average Bonchev–Trinajstić information content (AvgIpc) is 2.76. The summed E-state index contributed by atoms with van der Waals surface area (Å²) in [6.45, 7) is -2.27. The predicted octanol–water partition coefficient (Wildman–Crippen LogP) is -3.80. The maximum absolute atomic E-state index is 10.0. The molecule has 0 amide bonds. The van der Waals surface area contributed by atoms with Gasteiger partial charge in [-0.1, -0.05) is 11.6 Å². The molecule has 136 valence electrons. The molecule has 11 heteroatoms. The number of hydrogen-bond acceptors (Lipinski definition) is 10. The van der Waals surface area contributed by atoms with Crippen molar-refractivity contribution in [2.75, 3.05) is 19.8 Å². The lowest BCUT2D eigenvalue weighted by Gasteiger charge is -2.45. The largest absolute Gasteiger partial charge is 0.394 e. The van der Waals surface area contributed by atoms with Crippen LogP contribution >= 0.6 is 11.6 Å². The van der Waals surface area contributed by atoms with Crippen molar-refractivity contribution in [2.24, 2.45) is 0 Å². The van der Waals surface area contributed by atoms with Crippen molar-refractivity contribution in [1.29, 1.82) is 0 Å². The van der Waals surface area contributed by atoms with Gasteiger partial charge in [0.2, 0.25) is 5.79 Å². The molecule has 2 heterocycles. The van der Waals surface area contributed by atoms with Crippen LogP contribution in [0.25, 0.3) is 0 Å². The topological polar surface area (TPSA) is 169 Å². The van der Waals surface area contributed by atoms with Crippen LogP contribution in [0.15, 0.2) is 0 Å². The second-order valence-electron chi connectivity index (χ2n) is 5.61. The molecule has 0 aromatic rings. The third-order valence-corrected chi connectivity index (χ3v) is 4.29. The van der Waals surface area contributed by atoms with Crippen molar-refractivity contribution < 1.29 is 50.0 Å². The van der Waals surface area contributed by atoms with Gasteiger partial charge in [-0.15, -0.1) is 0 Å². The van der Waals surface area contributed by atoms with E-state index in [-0.39, 0.29) is 0 Å². The number of rotatable bonds is 5. The van der Waals surface area contributed by atoms with E-state index in [4.69, 9.17) is 36.0 Å². The summed E-state index contributed by atoms with van der Waals surface area (Å²) in [6, 6.07) is 0. The normalized spacial score (nSPS) is 51.1. The fourth-order valence-electron chi connectivity index (χ4n) is 2.68. The first-order valence-electron chi connectivity index (χ1n) is 7.01. The first kappa shape index (κ1) is 19.2. The van der Waals surface area contributed by atoms with E-state index < -0.39 is 73.9 Å². The summed E-state index contributed by atoms with van der Waals surface area (Å²) in [5.74, 6) is -2.21. The predicted molar refractivity (Wildman–Crippen MR) is 72.0 cm³/mol. The average molecular weight is 361 g/mol. The second kappa shape index (κ2) is 7.02. The van der Waals surface area contributed by atoms with Gasteiger partial charge in [-0.05, 0) is 0 Å². The second-order valence-corrected chi connectivity index (χ2v) is 6.18. The zero-order chi connectivity index (χ0) is 17.4. The van der Waals surface area contributed by atoms with Crippen LogP contribution in [-0.2, 0) is 14.2 Å². The van der Waals surface area contributed by atoms with E-state index in [1.54, 1.807) is 0 Å². The van der Waals surface area contributed by atoms with Gasteiger partial charge in [-0.25, -0.2) is 0 Å². The maximum atomic E-state index is 10.0.